The van der Waals surface area contributed by atoms with E-state index >= 15 is 0 Å². The van der Waals surface area contributed by atoms with Crippen molar-refractivity contribution in [1.82, 2.24) is 5.32 Å². The Labute approximate surface area is 122 Å². The SMILES string of the molecule is CNC(Cc1c(F)cccc1Cl)c1ccc(C)cc1F. The summed E-state index contributed by atoms with van der Waals surface area (Å²) in [5.74, 6) is -0.665. The van der Waals surface area contributed by atoms with Gasteiger partial charge in [0.2, 0.25) is 0 Å². The number of halogens is 3. The number of hydrogen-bond donors (Lipinski definition) is 1. The number of rotatable bonds is 4. The van der Waals surface area contributed by atoms with E-state index in [0.29, 0.717) is 22.6 Å². The zero-order chi connectivity index (χ0) is 14.7. The fraction of sp³-hybridized carbons (Fsp3) is 0.250. The first kappa shape index (κ1) is 14.9. The summed E-state index contributed by atoms with van der Waals surface area (Å²) in [6.45, 7) is 1.83. The van der Waals surface area contributed by atoms with Crippen LogP contribution < -0.4 is 5.32 Å². The van der Waals surface area contributed by atoms with Gasteiger partial charge in [-0.15, -0.1) is 0 Å². The van der Waals surface area contributed by atoms with Gasteiger partial charge in [-0.05, 0) is 44.2 Å². The Balaban J connectivity index is 2.34. The van der Waals surface area contributed by atoms with Crippen molar-refractivity contribution in [3.05, 3.63) is 69.7 Å². The van der Waals surface area contributed by atoms with Crippen LogP contribution in [0.5, 0.6) is 0 Å². The van der Waals surface area contributed by atoms with E-state index in [1.165, 1.54) is 12.1 Å². The van der Waals surface area contributed by atoms with Gasteiger partial charge in [-0.25, -0.2) is 8.78 Å². The lowest BCUT2D eigenvalue weighted by Crippen LogP contribution is -2.21. The van der Waals surface area contributed by atoms with Crippen LogP contribution in [0.1, 0.15) is 22.7 Å². The van der Waals surface area contributed by atoms with Crippen LogP contribution in [0.15, 0.2) is 36.4 Å². The molecule has 0 aliphatic carbocycles. The zero-order valence-corrected chi connectivity index (χ0v) is 12.1. The Kier molecular flexibility index (Phi) is 4.73. The van der Waals surface area contributed by atoms with Crippen LogP contribution in [-0.2, 0) is 6.42 Å². The average molecular weight is 296 g/mol. The van der Waals surface area contributed by atoms with Crippen LogP contribution in [0, 0.1) is 18.6 Å². The van der Waals surface area contributed by atoms with Gasteiger partial charge in [-0.2, -0.15) is 0 Å². The molecule has 20 heavy (non-hydrogen) atoms. The predicted octanol–water partition coefficient (Wildman–Crippen LogP) is 4.43. The van der Waals surface area contributed by atoms with Crippen molar-refractivity contribution < 1.29 is 8.78 Å². The summed E-state index contributed by atoms with van der Waals surface area (Å²) in [6, 6.07) is 9.26. The maximum Gasteiger partial charge on any atom is 0.128 e. The molecule has 2 rings (SSSR count). The number of hydrogen-bond acceptors (Lipinski definition) is 1. The molecule has 0 amide bonds. The standard InChI is InChI=1S/C16H16ClF2N/c1-10-6-7-11(15(19)8-10)16(20-2)9-12-13(17)4-3-5-14(12)18/h3-8,16,20H,9H2,1-2H3. The summed E-state index contributed by atoms with van der Waals surface area (Å²) >= 11 is 6.02. The molecule has 1 atom stereocenters. The number of benzene rings is 2. The minimum absolute atomic E-state index is 0.294. The maximum absolute atomic E-state index is 14.0. The van der Waals surface area contributed by atoms with Crippen LogP contribution in [0.4, 0.5) is 8.78 Å². The summed E-state index contributed by atoms with van der Waals surface area (Å²) < 4.78 is 27.8. The van der Waals surface area contributed by atoms with E-state index < -0.39 is 0 Å². The van der Waals surface area contributed by atoms with Gasteiger partial charge in [0.05, 0.1) is 0 Å². The molecule has 0 spiro atoms. The first-order valence-electron chi connectivity index (χ1n) is 6.39. The van der Waals surface area contributed by atoms with Crippen molar-refractivity contribution in [2.45, 2.75) is 19.4 Å². The highest BCUT2D eigenvalue weighted by Crippen LogP contribution is 2.27. The maximum atomic E-state index is 14.0. The largest absolute Gasteiger partial charge is 0.313 e. The predicted molar refractivity (Wildman–Crippen MR) is 78.1 cm³/mol. The third-order valence-corrected chi connectivity index (χ3v) is 3.70. The molecule has 2 aromatic carbocycles. The normalized spacial score (nSPS) is 12.4. The van der Waals surface area contributed by atoms with Gasteiger partial charge < -0.3 is 5.32 Å². The molecule has 0 aliphatic rings. The van der Waals surface area contributed by atoms with Gasteiger partial charge in [0.15, 0.2) is 0 Å². The van der Waals surface area contributed by atoms with Crippen molar-refractivity contribution in [2.75, 3.05) is 7.05 Å². The highest BCUT2D eigenvalue weighted by molar-refractivity contribution is 6.31. The first-order valence-corrected chi connectivity index (χ1v) is 6.77. The summed E-state index contributed by atoms with van der Waals surface area (Å²) in [5, 5.41) is 3.38. The van der Waals surface area contributed by atoms with E-state index in [0.717, 1.165) is 5.56 Å². The molecule has 0 saturated heterocycles. The van der Waals surface area contributed by atoms with E-state index in [2.05, 4.69) is 5.32 Å². The lowest BCUT2D eigenvalue weighted by atomic mass is 9.97. The zero-order valence-electron chi connectivity index (χ0n) is 11.4. The average Bonchev–Trinajstić information content (AvgIpc) is 2.40. The Bertz CT molecular complexity index is 593. The highest BCUT2D eigenvalue weighted by atomic mass is 35.5. The van der Waals surface area contributed by atoms with Crippen LogP contribution in [0.25, 0.3) is 0 Å². The molecule has 1 N–H and O–H groups in total. The molecule has 106 valence electrons. The smallest absolute Gasteiger partial charge is 0.128 e. The Morgan fingerprint density at radius 2 is 1.90 bits per heavy atom. The molecule has 0 heterocycles. The van der Waals surface area contributed by atoms with Crippen molar-refractivity contribution in [2.24, 2.45) is 0 Å². The van der Waals surface area contributed by atoms with Crippen molar-refractivity contribution in [3.63, 3.8) is 0 Å². The van der Waals surface area contributed by atoms with E-state index in [1.807, 2.05) is 13.0 Å². The summed E-state index contributed by atoms with van der Waals surface area (Å²) in [6.07, 6.45) is 0.294. The minimum Gasteiger partial charge on any atom is -0.313 e. The molecule has 0 aliphatic heterocycles. The number of aryl methyl sites for hydroxylation is 1. The van der Waals surface area contributed by atoms with Gasteiger partial charge in [0.25, 0.3) is 0 Å². The van der Waals surface area contributed by atoms with Crippen LogP contribution >= 0.6 is 11.6 Å². The molecular formula is C16H16ClF2N. The molecule has 0 saturated carbocycles. The third kappa shape index (κ3) is 3.17. The summed E-state index contributed by atoms with van der Waals surface area (Å²) in [5.41, 5.74) is 1.76. The Hall–Kier alpha value is -1.45. The molecule has 0 fully saturated rings. The first-order chi connectivity index (χ1) is 9.52. The highest BCUT2D eigenvalue weighted by Gasteiger charge is 2.18. The van der Waals surface area contributed by atoms with Gasteiger partial charge in [-0.1, -0.05) is 29.8 Å². The molecule has 0 radical (unpaired) electrons. The second-order valence-electron chi connectivity index (χ2n) is 4.77. The fourth-order valence-corrected chi connectivity index (χ4v) is 2.45. The molecule has 4 heteroatoms. The molecular weight excluding hydrogens is 280 g/mol. The monoisotopic (exact) mass is 295 g/mol. The quantitative estimate of drug-likeness (QED) is 0.880. The molecule has 1 nitrogen and oxygen atoms in total. The van der Waals surface area contributed by atoms with Gasteiger partial charge in [-0.3, -0.25) is 0 Å². The van der Waals surface area contributed by atoms with E-state index in [1.54, 1.807) is 25.2 Å². The van der Waals surface area contributed by atoms with Gasteiger partial charge >= 0.3 is 0 Å². The molecule has 1 unspecified atom stereocenters. The lowest BCUT2D eigenvalue weighted by Gasteiger charge is -2.19. The minimum atomic E-state index is -0.370. The van der Waals surface area contributed by atoms with E-state index in [-0.39, 0.29) is 17.7 Å². The molecule has 0 aromatic heterocycles. The van der Waals surface area contributed by atoms with E-state index in [9.17, 15) is 8.78 Å². The van der Waals surface area contributed by atoms with E-state index in [4.69, 9.17) is 11.6 Å². The molecule has 0 bridgehead atoms. The fourth-order valence-electron chi connectivity index (χ4n) is 2.21. The van der Waals surface area contributed by atoms with Crippen LogP contribution in [0.2, 0.25) is 5.02 Å². The summed E-state index contributed by atoms with van der Waals surface area (Å²) in [7, 11) is 1.72. The van der Waals surface area contributed by atoms with Gasteiger partial charge in [0.1, 0.15) is 11.6 Å². The third-order valence-electron chi connectivity index (χ3n) is 3.35. The number of likely N-dealkylation sites (N-methyl/N-ethyl adjacent to an activating group) is 1. The Morgan fingerprint density at radius 1 is 1.15 bits per heavy atom. The second kappa shape index (κ2) is 6.33. The van der Waals surface area contributed by atoms with Gasteiger partial charge in [0, 0.05) is 22.2 Å². The van der Waals surface area contributed by atoms with Crippen LogP contribution in [0.3, 0.4) is 0 Å². The van der Waals surface area contributed by atoms with Crippen molar-refractivity contribution in [3.8, 4) is 0 Å². The van der Waals surface area contributed by atoms with Crippen molar-refractivity contribution in [1.29, 1.82) is 0 Å². The molecule has 2 aromatic rings. The lowest BCUT2D eigenvalue weighted by molar-refractivity contribution is 0.519. The Morgan fingerprint density at radius 3 is 2.50 bits per heavy atom. The van der Waals surface area contributed by atoms with Crippen LogP contribution in [-0.4, -0.2) is 7.05 Å². The topological polar surface area (TPSA) is 12.0 Å². The second-order valence-corrected chi connectivity index (χ2v) is 5.18. The van der Waals surface area contributed by atoms with Crippen molar-refractivity contribution >= 4 is 11.6 Å². The number of nitrogens with one attached hydrogen (secondary N) is 1. The summed E-state index contributed by atoms with van der Waals surface area (Å²) in [4.78, 5) is 0.